The van der Waals surface area contributed by atoms with Gasteiger partial charge in [0.25, 0.3) is 0 Å². The van der Waals surface area contributed by atoms with Gasteiger partial charge in [-0.05, 0) is 25.5 Å². The first-order valence-electron chi connectivity index (χ1n) is 11.9. The summed E-state index contributed by atoms with van der Waals surface area (Å²) in [5.41, 5.74) is 1.65. The van der Waals surface area contributed by atoms with Crippen molar-refractivity contribution in [2.45, 2.75) is 110 Å². The van der Waals surface area contributed by atoms with Crippen LogP contribution in [0.3, 0.4) is 0 Å². The molecule has 1 aromatic rings. The van der Waals surface area contributed by atoms with Gasteiger partial charge in [-0.25, -0.2) is 4.79 Å². The molecular formula is C26H43O3. The van der Waals surface area contributed by atoms with Crippen molar-refractivity contribution < 1.29 is 14.6 Å². The van der Waals surface area contributed by atoms with Gasteiger partial charge in [-0.2, -0.15) is 4.89 Å². The molecule has 0 aliphatic carbocycles. The van der Waals surface area contributed by atoms with Crippen molar-refractivity contribution in [1.29, 1.82) is 0 Å². The van der Waals surface area contributed by atoms with Crippen LogP contribution in [0, 0.1) is 13.8 Å². The van der Waals surface area contributed by atoms with Crippen molar-refractivity contribution in [2.75, 3.05) is 6.61 Å². The zero-order valence-corrected chi connectivity index (χ0v) is 18.8. The molecule has 0 aliphatic rings. The molecule has 0 bridgehead atoms. The largest absolute Gasteiger partial charge is 0.373 e. The first-order chi connectivity index (χ1) is 14.2. The highest BCUT2D eigenvalue weighted by Crippen LogP contribution is 2.13. The molecule has 0 saturated heterocycles. The van der Waals surface area contributed by atoms with E-state index in [1.807, 2.05) is 19.1 Å². The van der Waals surface area contributed by atoms with Gasteiger partial charge >= 0.3 is 5.97 Å². The molecule has 1 rings (SSSR count). The van der Waals surface area contributed by atoms with Gasteiger partial charge in [0.2, 0.25) is 0 Å². The smallest absolute Gasteiger partial charge is 0.293 e. The number of carbonyl (C=O) groups excluding carboxylic acids is 1. The molecule has 29 heavy (non-hydrogen) atoms. The highest BCUT2D eigenvalue weighted by Gasteiger charge is 2.07. The van der Waals surface area contributed by atoms with Crippen molar-refractivity contribution in [2.24, 2.45) is 0 Å². The number of unbranched alkanes of at least 4 members (excludes halogenated alkanes) is 15. The number of benzene rings is 1. The van der Waals surface area contributed by atoms with Crippen molar-refractivity contribution in [3.8, 4) is 0 Å². The van der Waals surface area contributed by atoms with Crippen LogP contribution < -0.4 is 0 Å². The summed E-state index contributed by atoms with van der Waals surface area (Å²) in [5.74, 6) is -0.418. The Hall–Kier alpha value is -1.35. The predicted molar refractivity (Wildman–Crippen MR) is 122 cm³/mol. The van der Waals surface area contributed by atoms with E-state index in [9.17, 15) is 4.79 Å². The summed E-state index contributed by atoms with van der Waals surface area (Å²) in [6.45, 7) is 6.36. The summed E-state index contributed by atoms with van der Waals surface area (Å²) in [6.07, 6.45) is 20.9. The maximum absolute atomic E-state index is 11.8. The molecule has 3 heteroatoms. The van der Waals surface area contributed by atoms with Crippen LogP contribution in [0.5, 0.6) is 0 Å². The molecule has 0 amide bonds. The lowest BCUT2D eigenvalue weighted by Crippen LogP contribution is -2.07. The normalized spacial score (nSPS) is 11.0. The van der Waals surface area contributed by atoms with E-state index in [2.05, 4.69) is 6.92 Å². The molecule has 0 N–H and O–H groups in total. The minimum absolute atomic E-state index is 0.418. The summed E-state index contributed by atoms with van der Waals surface area (Å²) in [7, 11) is 0. The maximum atomic E-state index is 11.8. The fourth-order valence-corrected chi connectivity index (χ4v) is 3.47. The van der Waals surface area contributed by atoms with Gasteiger partial charge < -0.3 is 0 Å². The fraction of sp³-hybridized carbons (Fsp3) is 0.692. The minimum atomic E-state index is -0.418. The van der Waals surface area contributed by atoms with Gasteiger partial charge in [0.05, 0.1) is 12.2 Å². The fourth-order valence-electron chi connectivity index (χ4n) is 3.47. The van der Waals surface area contributed by atoms with E-state index in [0.717, 1.165) is 24.8 Å². The summed E-state index contributed by atoms with van der Waals surface area (Å²) < 4.78 is 0. The minimum Gasteiger partial charge on any atom is -0.293 e. The lowest BCUT2D eigenvalue weighted by Gasteiger charge is -2.05. The molecular weight excluding hydrogens is 360 g/mol. The van der Waals surface area contributed by atoms with Crippen LogP contribution >= 0.6 is 0 Å². The molecule has 165 valence electrons. The second-order valence-corrected chi connectivity index (χ2v) is 8.22. The van der Waals surface area contributed by atoms with Crippen molar-refractivity contribution >= 4 is 5.97 Å². The molecule has 3 nitrogen and oxygen atoms in total. The monoisotopic (exact) mass is 403 g/mol. The Morgan fingerprint density at radius 1 is 0.690 bits per heavy atom. The zero-order chi connectivity index (χ0) is 21.0. The maximum Gasteiger partial charge on any atom is 0.373 e. The van der Waals surface area contributed by atoms with Gasteiger partial charge in [-0.3, -0.25) is 4.89 Å². The number of aryl methyl sites for hydroxylation is 1. The third kappa shape index (κ3) is 15.2. The SMILES string of the molecule is [CH2]CCCCCCCCCCCCCCCCCOOC(=O)c1ccc(C)cc1. The Labute approximate surface area is 179 Å². The number of hydrogen-bond donors (Lipinski definition) is 0. The topological polar surface area (TPSA) is 35.5 Å². The van der Waals surface area contributed by atoms with Crippen LogP contribution in [0.15, 0.2) is 24.3 Å². The van der Waals surface area contributed by atoms with Gasteiger partial charge in [-0.15, -0.1) is 0 Å². The molecule has 0 heterocycles. The van der Waals surface area contributed by atoms with Crippen LogP contribution in [0.25, 0.3) is 0 Å². The molecule has 0 spiro atoms. The second-order valence-electron chi connectivity index (χ2n) is 8.22. The third-order valence-corrected chi connectivity index (χ3v) is 5.40. The first-order valence-corrected chi connectivity index (χ1v) is 11.9. The Morgan fingerprint density at radius 2 is 1.10 bits per heavy atom. The van der Waals surface area contributed by atoms with E-state index < -0.39 is 5.97 Å². The summed E-state index contributed by atoms with van der Waals surface area (Å²) in [5, 5.41) is 0. The van der Waals surface area contributed by atoms with Crippen molar-refractivity contribution in [1.82, 2.24) is 0 Å². The van der Waals surface area contributed by atoms with Gasteiger partial charge in [0.15, 0.2) is 0 Å². The Balaban J connectivity index is 1.77. The molecule has 0 unspecified atom stereocenters. The van der Waals surface area contributed by atoms with E-state index in [1.165, 1.54) is 83.5 Å². The van der Waals surface area contributed by atoms with Gasteiger partial charge in [0.1, 0.15) is 0 Å². The van der Waals surface area contributed by atoms with Crippen molar-refractivity contribution in [3.63, 3.8) is 0 Å². The Kier molecular flexibility index (Phi) is 16.5. The molecule has 0 saturated carbocycles. The van der Waals surface area contributed by atoms with E-state index >= 15 is 0 Å². The lowest BCUT2D eigenvalue weighted by atomic mass is 10.0. The molecule has 0 aliphatic heterocycles. The summed E-state index contributed by atoms with van der Waals surface area (Å²) in [6, 6.07) is 7.30. The zero-order valence-electron chi connectivity index (χ0n) is 18.8. The highest BCUT2D eigenvalue weighted by atomic mass is 17.2. The van der Waals surface area contributed by atoms with Gasteiger partial charge in [-0.1, -0.05) is 121 Å². The lowest BCUT2D eigenvalue weighted by molar-refractivity contribution is -0.241. The predicted octanol–water partition coefficient (Wildman–Crippen LogP) is 8.16. The Bertz CT molecular complexity index is 495. The van der Waals surface area contributed by atoms with E-state index in [-0.39, 0.29) is 0 Å². The highest BCUT2D eigenvalue weighted by molar-refractivity contribution is 5.88. The molecule has 0 fully saturated rings. The average molecular weight is 404 g/mol. The van der Waals surface area contributed by atoms with Crippen LogP contribution in [0.1, 0.15) is 119 Å². The van der Waals surface area contributed by atoms with Crippen LogP contribution in [0.2, 0.25) is 0 Å². The molecule has 0 aromatic heterocycles. The quantitative estimate of drug-likeness (QED) is 0.133. The van der Waals surface area contributed by atoms with Crippen molar-refractivity contribution in [3.05, 3.63) is 42.3 Å². The van der Waals surface area contributed by atoms with E-state index in [0.29, 0.717) is 12.2 Å². The number of carbonyl (C=O) groups is 1. The standard InChI is InChI=1S/C26H43O3/c1-3-4-5-6-7-8-9-10-11-12-13-14-15-16-17-18-23-28-29-26(27)25-21-19-24(2)20-22-25/h19-22H,1,3-18,23H2,2H3. The number of rotatable bonds is 19. The van der Waals surface area contributed by atoms with Gasteiger partial charge in [0, 0.05) is 0 Å². The van der Waals surface area contributed by atoms with Crippen LogP contribution in [-0.4, -0.2) is 12.6 Å². The van der Waals surface area contributed by atoms with Crippen LogP contribution in [0.4, 0.5) is 0 Å². The molecule has 1 aromatic carbocycles. The Morgan fingerprint density at radius 3 is 1.55 bits per heavy atom. The van der Waals surface area contributed by atoms with E-state index in [1.54, 1.807) is 12.1 Å². The first kappa shape index (κ1) is 25.7. The van der Waals surface area contributed by atoms with E-state index in [4.69, 9.17) is 9.78 Å². The summed E-state index contributed by atoms with van der Waals surface area (Å²) in [4.78, 5) is 21.7. The number of hydrogen-bond acceptors (Lipinski definition) is 3. The second kappa shape index (κ2) is 18.7. The molecule has 1 radical (unpaired) electrons. The summed E-state index contributed by atoms with van der Waals surface area (Å²) >= 11 is 0. The average Bonchev–Trinajstić information content (AvgIpc) is 2.73. The van der Waals surface area contributed by atoms with Crippen LogP contribution in [-0.2, 0) is 9.78 Å². The molecule has 0 atom stereocenters. The third-order valence-electron chi connectivity index (χ3n) is 5.40.